The lowest BCUT2D eigenvalue weighted by Gasteiger charge is -2.13. The predicted octanol–water partition coefficient (Wildman–Crippen LogP) is 1.70. The molecule has 0 fully saturated rings. The van der Waals surface area contributed by atoms with E-state index in [1.165, 1.54) is 22.1 Å². The Morgan fingerprint density at radius 1 is 1.36 bits per heavy atom. The summed E-state index contributed by atoms with van der Waals surface area (Å²) in [6.45, 7) is 8.45. The van der Waals surface area contributed by atoms with Gasteiger partial charge in [0.15, 0.2) is 0 Å². The van der Waals surface area contributed by atoms with E-state index >= 15 is 0 Å². The molecule has 0 saturated heterocycles. The van der Waals surface area contributed by atoms with Gasteiger partial charge in [-0.15, -0.1) is 11.3 Å². The van der Waals surface area contributed by atoms with Crippen molar-refractivity contribution < 1.29 is 0 Å². The van der Waals surface area contributed by atoms with Crippen molar-refractivity contribution in [1.29, 1.82) is 5.26 Å². The van der Waals surface area contributed by atoms with Crippen LogP contribution in [0, 0.1) is 11.3 Å². The lowest BCUT2D eigenvalue weighted by molar-refractivity contribution is 0.571. The van der Waals surface area contributed by atoms with Crippen LogP contribution in [0.15, 0.2) is 21.2 Å². The van der Waals surface area contributed by atoms with E-state index in [1.54, 1.807) is 6.92 Å². The average Bonchev–Trinajstić information content (AvgIpc) is 2.92. The average molecular weight is 318 g/mol. The fourth-order valence-electron chi connectivity index (χ4n) is 1.98. The van der Waals surface area contributed by atoms with Gasteiger partial charge < -0.3 is 0 Å². The van der Waals surface area contributed by atoms with Crippen LogP contribution in [0.3, 0.4) is 0 Å². The summed E-state index contributed by atoms with van der Waals surface area (Å²) in [6.07, 6.45) is 1.31. The van der Waals surface area contributed by atoms with Gasteiger partial charge in [-0.3, -0.25) is 13.9 Å². The summed E-state index contributed by atoms with van der Waals surface area (Å²) in [6, 6.07) is 1.84. The van der Waals surface area contributed by atoms with Crippen LogP contribution in [0.1, 0.15) is 44.0 Å². The summed E-state index contributed by atoms with van der Waals surface area (Å²) in [5, 5.41) is 11.8. The van der Waals surface area contributed by atoms with Gasteiger partial charge >= 0.3 is 5.69 Å². The predicted molar refractivity (Wildman–Crippen MR) is 85.3 cm³/mol. The number of rotatable bonds is 3. The summed E-state index contributed by atoms with van der Waals surface area (Å²) >= 11 is 1.51. The van der Waals surface area contributed by atoms with Crippen LogP contribution in [0.5, 0.6) is 0 Å². The topological polar surface area (TPSA) is 80.7 Å². The molecule has 22 heavy (non-hydrogen) atoms. The van der Waals surface area contributed by atoms with Crippen LogP contribution in [-0.4, -0.2) is 14.1 Å². The first kappa shape index (κ1) is 16.2. The van der Waals surface area contributed by atoms with Crippen molar-refractivity contribution in [2.75, 3.05) is 0 Å². The normalized spacial score (nSPS) is 11.4. The molecule has 0 bridgehead atoms. The zero-order valence-electron chi connectivity index (χ0n) is 13.1. The van der Waals surface area contributed by atoms with Crippen molar-refractivity contribution in [2.45, 2.75) is 46.2 Å². The molecule has 2 rings (SSSR count). The maximum Gasteiger partial charge on any atom is 0.331 e. The second kappa shape index (κ2) is 5.89. The van der Waals surface area contributed by atoms with Crippen LogP contribution in [0.25, 0.3) is 0 Å². The van der Waals surface area contributed by atoms with E-state index in [1.807, 2.05) is 11.4 Å². The number of aryl methyl sites for hydroxylation is 1. The van der Waals surface area contributed by atoms with E-state index < -0.39 is 11.2 Å². The Kier molecular flexibility index (Phi) is 4.33. The molecule has 116 valence electrons. The van der Waals surface area contributed by atoms with Crippen molar-refractivity contribution in [2.24, 2.45) is 0 Å². The standard InChI is InChI=1S/C15H18N4O2S/c1-5-18-7-10(6-16)12(20)19(14(18)21)8-11-9-22-13(17-11)15(2,3)4/h7,9H,5,8H2,1-4H3. The second-order valence-electron chi connectivity index (χ2n) is 6.01. The van der Waals surface area contributed by atoms with Crippen LogP contribution in [0.4, 0.5) is 0 Å². The number of hydrogen-bond acceptors (Lipinski definition) is 5. The molecular formula is C15H18N4O2S. The molecule has 0 saturated carbocycles. The molecule has 2 aromatic heterocycles. The molecule has 0 aliphatic heterocycles. The van der Waals surface area contributed by atoms with E-state index in [9.17, 15) is 9.59 Å². The molecule has 0 aromatic carbocycles. The fraction of sp³-hybridized carbons (Fsp3) is 0.467. The highest BCUT2D eigenvalue weighted by molar-refractivity contribution is 7.09. The zero-order valence-corrected chi connectivity index (χ0v) is 13.9. The van der Waals surface area contributed by atoms with E-state index in [0.29, 0.717) is 12.2 Å². The Morgan fingerprint density at radius 3 is 2.55 bits per heavy atom. The Labute approximate surface area is 132 Å². The third kappa shape index (κ3) is 3.02. The minimum absolute atomic E-state index is 0.0345. The SMILES string of the molecule is CCn1cc(C#N)c(=O)n(Cc2csc(C(C)(C)C)n2)c1=O. The van der Waals surface area contributed by atoms with Crippen LogP contribution in [0.2, 0.25) is 0 Å². The smallest absolute Gasteiger partial charge is 0.299 e. The number of nitriles is 1. The third-order valence-corrected chi connectivity index (χ3v) is 4.53. The van der Waals surface area contributed by atoms with Gasteiger partial charge in [-0.25, -0.2) is 9.78 Å². The molecule has 0 aliphatic carbocycles. The van der Waals surface area contributed by atoms with Crippen molar-refractivity contribution in [3.8, 4) is 6.07 Å². The Bertz CT molecular complexity index is 846. The van der Waals surface area contributed by atoms with E-state index in [0.717, 1.165) is 9.57 Å². The highest BCUT2D eigenvalue weighted by Crippen LogP contribution is 2.25. The van der Waals surface area contributed by atoms with Gasteiger partial charge in [-0.05, 0) is 6.92 Å². The molecule has 0 atom stereocenters. The fourth-order valence-corrected chi connectivity index (χ4v) is 2.88. The maximum atomic E-state index is 12.3. The van der Waals surface area contributed by atoms with Crippen LogP contribution in [-0.2, 0) is 18.5 Å². The first-order valence-electron chi connectivity index (χ1n) is 6.97. The van der Waals surface area contributed by atoms with Crippen LogP contribution >= 0.6 is 11.3 Å². The van der Waals surface area contributed by atoms with E-state index in [2.05, 4.69) is 25.8 Å². The van der Waals surface area contributed by atoms with E-state index in [-0.39, 0.29) is 17.5 Å². The monoisotopic (exact) mass is 318 g/mol. The molecule has 0 N–H and O–H groups in total. The van der Waals surface area contributed by atoms with E-state index in [4.69, 9.17) is 5.26 Å². The van der Waals surface area contributed by atoms with Gasteiger partial charge in [0.25, 0.3) is 5.56 Å². The van der Waals surface area contributed by atoms with Gasteiger partial charge in [0, 0.05) is 23.5 Å². The Balaban J connectivity index is 2.50. The summed E-state index contributed by atoms with van der Waals surface area (Å²) in [7, 11) is 0. The number of nitrogens with zero attached hydrogens (tertiary/aromatic N) is 4. The molecule has 6 nitrogen and oxygen atoms in total. The van der Waals surface area contributed by atoms with Gasteiger partial charge in [0.1, 0.15) is 11.6 Å². The van der Waals surface area contributed by atoms with Crippen molar-refractivity contribution in [3.63, 3.8) is 0 Å². The van der Waals surface area contributed by atoms with Crippen molar-refractivity contribution >= 4 is 11.3 Å². The Morgan fingerprint density at radius 2 is 2.05 bits per heavy atom. The number of thiazole rings is 1. The first-order valence-corrected chi connectivity index (χ1v) is 7.85. The van der Waals surface area contributed by atoms with Crippen molar-refractivity contribution in [1.82, 2.24) is 14.1 Å². The molecule has 2 aromatic rings. The lowest BCUT2D eigenvalue weighted by atomic mass is 9.98. The molecular weight excluding hydrogens is 300 g/mol. The first-order chi connectivity index (χ1) is 10.3. The van der Waals surface area contributed by atoms with Gasteiger partial charge in [0.2, 0.25) is 0 Å². The second-order valence-corrected chi connectivity index (χ2v) is 6.87. The summed E-state index contributed by atoms with van der Waals surface area (Å²) in [5.41, 5.74) is -0.439. The minimum atomic E-state index is -0.567. The highest BCUT2D eigenvalue weighted by atomic mass is 32.1. The molecule has 2 heterocycles. The molecule has 0 aliphatic rings. The van der Waals surface area contributed by atoms with Crippen LogP contribution < -0.4 is 11.2 Å². The Hall–Kier alpha value is -2.20. The molecule has 7 heteroatoms. The number of hydrogen-bond donors (Lipinski definition) is 0. The lowest BCUT2D eigenvalue weighted by Crippen LogP contribution is -2.41. The van der Waals surface area contributed by atoms with Gasteiger partial charge in [0.05, 0.1) is 17.2 Å². The summed E-state index contributed by atoms with van der Waals surface area (Å²) in [5.74, 6) is 0. The summed E-state index contributed by atoms with van der Waals surface area (Å²) < 4.78 is 2.43. The zero-order chi connectivity index (χ0) is 16.5. The molecule has 0 spiro atoms. The van der Waals surface area contributed by atoms with Gasteiger partial charge in [-0.1, -0.05) is 20.8 Å². The minimum Gasteiger partial charge on any atom is -0.299 e. The number of aromatic nitrogens is 3. The molecule has 0 radical (unpaired) electrons. The largest absolute Gasteiger partial charge is 0.331 e. The quantitative estimate of drug-likeness (QED) is 0.862. The van der Waals surface area contributed by atoms with Gasteiger partial charge in [-0.2, -0.15) is 5.26 Å². The highest BCUT2D eigenvalue weighted by Gasteiger charge is 2.19. The summed E-state index contributed by atoms with van der Waals surface area (Å²) in [4.78, 5) is 29.0. The molecule has 0 amide bonds. The molecule has 0 unspecified atom stereocenters. The van der Waals surface area contributed by atoms with Crippen molar-refractivity contribution in [3.05, 3.63) is 48.7 Å². The maximum absolute atomic E-state index is 12.3. The third-order valence-electron chi connectivity index (χ3n) is 3.21.